The first-order chi connectivity index (χ1) is 8.20. The zero-order valence-electron chi connectivity index (χ0n) is 9.76. The number of hydrogen-bond acceptors (Lipinski definition) is 2. The average Bonchev–Trinajstić information content (AvgIpc) is 2.77. The van der Waals surface area contributed by atoms with Crippen molar-refractivity contribution in [3.8, 4) is 0 Å². The van der Waals surface area contributed by atoms with Crippen molar-refractivity contribution in [3.63, 3.8) is 0 Å². The van der Waals surface area contributed by atoms with E-state index >= 15 is 0 Å². The van der Waals surface area contributed by atoms with Crippen molar-refractivity contribution in [3.05, 3.63) is 53.6 Å². The number of imidazole rings is 1. The van der Waals surface area contributed by atoms with Gasteiger partial charge in [-0.2, -0.15) is 0 Å². The van der Waals surface area contributed by atoms with Crippen LogP contribution in [0.4, 0.5) is 0 Å². The molecular formula is C13H15N3O. The molecule has 1 heterocycles. The Kier molecular flexibility index (Phi) is 3.23. The third-order valence-electron chi connectivity index (χ3n) is 2.71. The molecule has 0 unspecified atom stereocenters. The van der Waals surface area contributed by atoms with Crippen LogP contribution in [0.25, 0.3) is 0 Å². The molecule has 2 N–H and O–H groups in total. The van der Waals surface area contributed by atoms with Crippen molar-refractivity contribution in [1.82, 2.24) is 9.55 Å². The molecular weight excluding hydrogens is 214 g/mol. The van der Waals surface area contributed by atoms with Crippen LogP contribution >= 0.6 is 0 Å². The number of nitrogens with two attached hydrogens (primary N) is 1. The largest absolute Gasteiger partial charge is 0.366 e. The molecule has 0 atom stereocenters. The number of carbonyl (C=O) groups is 1. The Morgan fingerprint density at radius 2 is 2.06 bits per heavy atom. The zero-order valence-corrected chi connectivity index (χ0v) is 9.76. The fourth-order valence-electron chi connectivity index (χ4n) is 1.77. The zero-order chi connectivity index (χ0) is 12.3. The van der Waals surface area contributed by atoms with Gasteiger partial charge in [0.05, 0.1) is 0 Å². The predicted octanol–water partition coefficient (Wildman–Crippen LogP) is 1.59. The molecule has 0 saturated carbocycles. The van der Waals surface area contributed by atoms with Gasteiger partial charge in [0.2, 0.25) is 5.91 Å². The quantitative estimate of drug-likeness (QED) is 0.865. The van der Waals surface area contributed by atoms with Crippen molar-refractivity contribution in [2.24, 2.45) is 5.73 Å². The lowest BCUT2D eigenvalue weighted by Gasteiger charge is -2.06. The van der Waals surface area contributed by atoms with Gasteiger partial charge >= 0.3 is 0 Å². The van der Waals surface area contributed by atoms with Gasteiger partial charge in [0.25, 0.3) is 0 Å². The Morgan fingerprint density at radius 1 is 1.35 bits per heavy atom. The van der Waals surface area contributed by atoms with Crippen LogP contribution in [-0.2, 0) is 13.0 Å². The number of carbonyl (C=O) groups excluding carboxylic acids is 1. The Bertz CT molecular complexity index is 514. The van der Waals surface area contributed by atoms with Crippen LogP contribution < -0.4 is 5.73 Å². The Hall–Kier alpha value is -2.10. The molecule has 0 fully saturated rings. The summed E-state index contributed by atoms with van der Waals surface area (Å²) < 4.78 is 2.10. The van der Waals surface area contributed by atoms with Gasteiger partial charge < -0.3 is 10.3 Å². The SMILES string of the molecule is CCc1nccn1Cc1ccc(C(N)=O)cc1. The lowest BCUT2D eigenvalue weighted by atomic mass is 10.1. The molecule has 1 aromatic heterocycles. The topological polar surface area (TPSA) is 60.9 Å². The van der Waals surface area contributed by atoms with E-state index in [4.69, 9.17) is 5.73 Å². The second kappa shape index (κ2) is 4.82. The van der Waals surface area contributed by atoms with Crippen LogP contribution in [-0.4, -0.2) is 15.5 Å². The van der Waals surface area contributed by atoms with Gasteiger partial charge in [-0.25, -0.2) is 4.98 Å². The maximum atomic E-state index is 10.9. The fourth-order valence-corrected chi connectivity index (χ4v) is 1.77. The van der Waals surface area contributed by atoms with E-state index in [-0.39, 0.29) is 0 Å². The summed E-state index contributed by atoms with van der Waals surface area (Å²) in [5.41, 5.74) is 6.86. The molecule has 0 aliphatic heterocycles. The lowest BCUT2D eigenvalue weighted by molar-refractivity contribution is 0.100. The number of rotatable bonds is 4. The normalized spacial score (nSPS) is 10.4. The summed E-state index contributed by atoms with van der Waals surface area (Å²) in [5, 5.41) is 0. The maximum Gasteiger partial charge on any atom is 0.248 e. The first kappa shape index (κ1) is 11.4. The summed E-state index contributed by atoms with van der Waals surface area (Å²) in [5.74, 6) is 0.664. The second-order valence-electron chi connectivity index (χ2n) is 3.89. The predicted molar refractivity (Wildman–Crippen MR) is 65.7 cm³/mol. The Morgan fingerprint density at radius 3 is 2.65 bits per heavy atom. The first-order valence-electron chi connectivity index (χ1n) is 5.59. The van der Waals surface area contributed by atoms with E-state index < -0.39 is 5.91 Å². The van der Waals surface area contributed by atoms with Crippen molar-refractivity contribution in [2.75, 3.05) is 0 Å². The number of nitrogens with zero attached hydrogens (tertiary/aromatic N) is 2. The fraction of sp³-hybridized carbons (Fsp3) is 0.231. The highest BCUT2D eigenvalue weighted by Gasteiger charge is 2.03. The van der Waals surface area contributed by atoms with Gasteiger partial charge in [0, 0.05) is 30.9 Å². The van der Waals surface area contributed by atoms with Crippen molar-refractivity contribution >= 4 is 5.91 Å². The number of aryl methyl sites for hydroxylation is 1. The number of amides is 1. The smallest absolute Gasteiger partial charge is 0.248 e. The summed E-state index contributed by atoms with van der Waals surface area (Å²) >= 11 is 0. The maximum absolute atomic E-state index is 10.9. The minimum atomic E-state index is -0.395. The van der Waals surface area contributed by atoms with Gasteiger partial charge in [-0.15, -0.1) is 0 Å². The van der Waals surface area contributed by atoms with E-state index in [0.29, 0.717) is 5.56 Å². The summed E-state index contributed by atoms with van der Waals surface area (Å²) in [7, 11) is 0. The molecule has 0 aliphatic carbocycles. The monoisotopic (exact) mass is 229 g/mol. The summed E-state index contributed by atoms with van der Waals surface area (Å²) in [6.07, 6.45) is 4.67. The van der Waals surface area contributed by atoms with Gasteiger partial charge in [-0.1, -0.05) is 19.1 Å². The third-order valence-corrected chi connectivity index (χ3v) is 2.71. The third kappa shape index (κ3) is 2.53. The highest BCUT2D eigenvalue weighted by molar-refractivity contribution is 5.92. The number of aromatic nitrogens is 2. The molecule has 0 radical (unpaired) electrons. The Balaban J connectivity index is 2.16. The van der Waals surface area contributed by atoms with E-state index in [1.165, 1.54) is 0 Å². The molecule has 0 spiro atoms. The molecule has 88 valence electrons. The van der Waals surface area contributed by atoms with E-state index in [2.05, 4.69) is 16.5 Å². The van der Waals surface area contributed by atoms with Gasteiger partial charge in [-0.05, 0) is 17.7 Å². The molecule has 2 rings (SSSR count). The van der Waals surface area contributed by atoms with Crippen molar-refractivity contribution in [2.45, 2.75) is 19.9 Å². The van der Waals surface area contributed by atoms with Gasteiger partial charge in [-0.3, -0.25) is 4.79 Å². The van der Waals surface area contributed by atoms with Crippen LogP contribution in [0.15, 0.2) is 36.7 Å². The highest BCUT2D eigenvalue weighted by atomic mass is 16.1. The lowest BCUT2D eigenvalue weighted by Crippen LogP contribution is -2.11. The first-order valence-corrected chi connectivity index (χ1v) is 5.59. The van der Waals surface area contributed by atoms with E-state index in [9.17, 15) is 4.79 Å². The number of benzene rings is 1. The summed E-state index contributed by atoms with van der Waals surface area (Å²) in [6.45, 7) is 2.84. The molecule has 4 nitrogen and oxygen atoms in total. The average molecular weight is 229 g/mol. The number of hydrogen-bond donors (Lipinski definition) is 1. The summed E-state index contributed by atoms with van der Waals surface area (Å²) in [6, 6.07) is 7.33. The van der Waals surface area contributed by atoms with Crippen LogP contribution in [0.5, 0.6) is 0 Å². The van der Waals surface area contributed by atoms with Gasteiger partial charge in [0.15, 0.2) is 0 Å². The number of primary amides is 1. The molecule has 0 bridgehead atoms. The Labute approximate surface area is 100 Å². The van der Waals surface area contributed by atoms with Crippen molar-refractivity contribution in [1.29, 1.82) is 0 Å². The molecule has 1 aromatic carbocycles. The van der Waals surface area contributed by atoms with Crippen molar-refractivity contribution < 1.29 is 4.79 Å². The van der Waals surface area contributed by atoms with Gasteiger partial charge in [0.1, 0.15) is 5.82 Å². The molecule has 17 heavy (non-hydrogen) atoms. The summed E-state index contributed by atoms with van der Waals surface area (Å²) in [4.78, 5) is 15.2. The minimum absolute atomic E-state index is 0.395. The van der Waals surface area contributed by atoms with E-state index in [1.807, 2.05) is 18.3 Å². The second-order valence-corrected chi connectivity index (χ2v) is 3.89. The highest BCUT2D eigenvalue weighted by Crippen LogP contribution is 2.08. The van der Waals surface area contributed by atoms with Crippen LogP contribution in [0.3, 0.4) is 0 Å². The molecule has 2 aromatic rings. The molecule has 1 amide bonds. The van der Waals surface area contributed by atoms with E-state index in [1.54, 1.807) is 18.3 Å². The van der Waals surface area contributed by atoms with E-state index in [0.717, 1.165) is 24.4 Å². The molecule has 4 heteroatoms. The van der Waals surface area contributed by atoms with Crippen LogP contribution in [0.2, 0.25) is 0 Å². The van der Waals surface area contributed by atoms with Crippen LogP contribution in [0, 0.1) is 0 Å². The standard InChI is InChI=1S/C13H15N3O/c1-2-12-15-7-8-16(12)9-10-3-5-11(6-4-10)13(14)17/h3-8H,2,9H2,1H3,(H2,14,17). The molecule has 0 aliphatic rings. The van der Waals surface area contributed by atoms with Crippen LogP contribution in [0.1, 0.15) is 28.7 Å². The minimum Gasteiger partial charge on any atom is -0.366 e. The molecule has 0 saturated heterocycles.